The number of nitrogens with two attached hydrogens (primary N) is 1. The zero-order chi connectivity index (χ0) is 17.7. The van der Waals surface area contributed by atoms with Crippen LogP contribution < -0.4 is 11.1 Å². The summed E-state index contributed by atoms with van der Waals surface area (Å²) in [6.45, 7) is 11.9. The average Bonchev–Trinajstić information content (AvgIpc) is 2.32. The second-order valence-electron chi connectivity index (χ2n) is 7.32. The lowest BCUT2D eigenvalue weighted by Gasteiger charge is -2.36. The summed E-state index contributed by atoms with van der Waals surface area (Å²) in [5.74, 6) is -0.498. The number of hydrogen-bond donors (Lipinski definition) is 4. The van der Waals surface area contributed by atoms with Gasteiger partial charge >= 0.3 is 5.97 Å². The van der Waals surface area contributed by atoms with Gasteiger partial charge in [0.2, 0.25) is 5.91 Å². The van der Waals surface area contributed by atoms with E-state index in [1.807, 2.05) is 0 Å². The quantitative estimate of drug-likeness (QED) is 0.513. The zero-order valence-electron chi connectivity index (χ0n) is 14.6. The van der Waals surface area contributed by atoms with Crippen molar-refractivity contribution in [1.29, 1.82) is 0 Å². The highest BCUT2D eigenvalue weighted by molar-refractivity contribution is 5.86. The molecule has 0 bridgehead atoms. The maximum Gasteiger partial charge on any atom is 0.305 e. The van der Waals surface area contributed by atoms with E-state index in [0.29, 0.717) is 24.2 Å². The Morgan fingerprint density at radius 2 is 1.59 bits per heavy atom. The van der Waals surface area contributed by atoms with Gasteiger partial charge in [0.1, 0.15) is 0 Å². The number of amides is 1. The normalized spacial score (nSPS) is 15.2. The van der Waals surface area contributed by atoms with Gasteiger partial charge in [0.05, 0.1) is 24.1 Å². The first-order valence-corrected chi connectivity index (χ1v) is 7.86. The monoisotopic (exact) mass is 316 g/mol. The van der Waals surface area contributed by atoms with Crippen LogP contribution in [-0.4, -0.2) is 39.8 Å². The Balaban J connectivity index is 4.77. The summed E-state index contributed by atoms with van der Waals surface area (Å²) in [4.78, 5) is 22.5. The highest BCUT2D eigenvalue weighted by atomic mass is 16.4. The van der Waals surface area contributed by atoms with Crippen molar-refractivity contribution in [2.75, 3.05) is 0 Å². The molecule has 0 aliphatic carbocycles. The molecule has 0 aliphatic rings. The molecule has 0 saturated carbocycles. The lowest BCUT2D eigenvalue weighted by molar-refractivity contribution is -0.140. The fraction of sp³-hybridized carbons (Fsp3) is 0.875. The van der Waals surface area contributed by atoms with Crippen LogP contribution in [0.1, 0.15) is 54.4 Å². The van der Waals surface area contributed by atoms with Crippen LogP contribution in [0, 0.1) is 17.8 Å². The van der Waals surface area contributed by atoms with Crippen LogP contribution in [0.15, 0.2) is 0 Å². The standard InChI is InChI=1S/C16H32N2O4/c1-9(2)11(10(3)4)7-13(19)16(5,6)18-15(22)12(17)8-14(20)21/h9-13,19H,7-8,17H2,1-6H3,(H,18,22)(H,20,21)/t12-,13?/m0/s1. The minimum Gasteiger partial charge on any atom is -0.481 e. The minimum atomic E-state index is -1.12. The number of carboxylic acids is 1. The SMILES string of the molecule is CC(C)C(CC(O)C(C)(C)NC(=O)[C@@H](N)CC(=O)O)C(C)C. The summed E-state index contributed by atoms with van der Waals surface area (Å²) in [5, 5.41) is 21.8. The Labute approximate surface area is 133 Å². The average molecular weight is 316 g/mol. The highest BCUT2D eigenvalue weighted by Gasteiger charge is 2.34. The Kier molecular flexibility index (Phi) is 8.04. The third kappa shape index (κ3) is 6.75. The third-order valence-electron chi connectivity index (χ3n) is 4.22. The van der Waals surface area contributed by atoms with Gasteiger partial charge in [0, 0.05) is 0 Å². The van der Waals surface area contributed by atoms with E-state index in [1.54, 1.807) is 13.8 Å². The highest BCUT2D eigenvalue weighted by Crippen LogP contribution is 2.28. The molecular formula is C16H32N2O4. The molecule has 1 amide bonds. The summed E-state index contributed by atoms with van der Waals surface area (Å²) in [7, 11) is 0. The van der Waals surface area contributed by atoms with E-state index in [9.17, 15) is 14.7 Å². The molecule has 0 spiro atoms. The van der Waals surface area contributed by atoms with Crippen molar-refractivity contribution < 1.29 is 19.8 Å². The lowest BCUT2D eigenvalue weighted by atomic mass is 9.78. The Bertz CT molecular complexity index is 372. The Hall–Kier alpha value is -1.14. The number of aliphatic carboxylic acids is 1. The van der Waals surface area contributed by atoms with Gasteiger partial charge in [-0.1, -0.05) is 27.7 Å². The van der Waals surface area contributed by atoms with Crippen molar-refractivity contribution in [3.8, 4) is 0 Å². The minimum absolute atomic E-state index is 0.332. The van der Waals surface area contributed by atoms with Gasteiger partial charge in [-0.15, -0.1) is 0 Å². The number of carbonyl (C=O) groups is 2. The number of carbonyl (C=O) groups excluding carboxylic acids is 1. The van der Waals surface area contributed by atoms with Crippen LogP contribution in [-0.2, 0) is 9.59 Å². The molecule has 0 fully saturated rings. The van der Waals surface area contributed by atoms with E-state index >= 15 is 0 Å². The van der Waals surface area contributed by atoms with E-state index in [1.165, 1.54) is 0 Å². The molecule has 1 unspecified atom stereocenters. The molecule has 0 heterocycles. The van der Waals surface area contributed by atoms with Crippen molar-refractivity contribution in [2.24, 2.45) is 23.5 Å². The number of aliphatic hydroxyl groups excluding tert-OH is 1. The fourth-order valence-corrected chi connectivity index (χ4v) is 2.64. The number of aliphatic hydroxyl groups is 1. The second-order valence-corrected chi connectivity index (χ2v) is 7.32. The van der Waals surface area contributed by atoms with E-state index in [-0.39, 0.29) is 0 Å². The molecule has 0 rings (SSSR count). The molecule has 0 aromatic carbocycles. The van der Waals surface area contributed by atoms with Crippen LogP contribution >= 0.6 is 0 Å². The first-order valence-electron chi connectivity index (χ1n) is 7.86. The summed E-state index contributed by atoms with van der Waals surface area (Å²) < 4.78 is 0. The summed E-state index contributed by atoms with van der Waals surface area (Å²) in [5.41, 5.74) is 4.68. The van der Waals surface area contributed by atoms with E-state index in [0.717, 1.165) is 0 Å². The largest absolute Gasteiger partial charge is 0.481 e. The summed E-state index contributed by atoms with van der Waals surface area (Å²) in [6.07, 6.45) is -0.599. The maximum atomic E-state index is 11.9. The molecule has 6 heteroatoms. The van der Waals surface area contributed by atoms with Crippen LogP contribution in [0.25, 0.3) is 0 Å². The number of rotatable bonds is 9. The molecular weight excluding hydrogens is 284 g/mol. The third-order valence-corrected chi connectivity index (χ3v) is 4.22. The van der Waals surface area contributed by atoms with E-state index in [4.69, 9.17) is 10.8 Å². The van der Waals surface area contributed by atoms with Crippen LogP contribution in [0.4, 0.5) is 0 Å². The topological polar surface area (TPSA) is 113 Å². The zero-order valence-corrected chi connectivity index (χ0v) is 14.6. The molecule has 0 saturated heterocycles. The molecule has 22 heavy (non-hydrogen) atoms. The lowest BCUT2D eigenvalue weighted by Crippen LogP contribution is -2.57. The van der Waals surface area contributed by atoms with Gasteiger partial charge in [-0.2, -0.15) is 0 Å². The maximum absolute atomic E-state index is 11.9. The molecule has 0 aliphatic heterocycles. The van der Waals surface area contributed by atoms with Crippen LogP contribution in [0.5, 0.6) is 0 Å². The first kappa shape index (κ1) is 20.9. The van der Waals surface area contributed by atoms with Crippen molar-refractivity contribution in [2.45, 2.75) is 72.1 Å². The smallest absolute Gasteiger partial charge is 0.305 e. The molecule has 0 aromatic rings. The Morgan fingerprint density at radius 1 is 1.14 bits per heavy atom. The predicted molar refractivity (Wildman–Crippen MR) is 86.2 cm³/mol. The Morgan fingerprint density at radius 3 is 1.95 bits per heavy atom. The number of nitrogens with one attached hydrogen (secondary N) is 1. The molecule has 0 radical (unpaired) electrons. The van der Waals surface area contributed by atoms with Gasteiger partial charge < -0.3 is 21.3 Å². The van der Waals surface area contributed by atoms with Gasteiger partial charge in [-0.3, -0.25) is 9.59 Å². The fourth-order valence-electron chi connectivity index (χ4n) is 2.64. The first-order chi connectivity index (χ1) is 9.88. The van der Waals surface area contributed by atoms with E-state index in [2.05, 4.69) is 33.0 Å². The molecule has 2 atom stereocenters. The summed E-state index contributed by atoms with van der Waals surface area (Å²) >= 11 is 0. The summed E-state index contributed by atoms with van der Waals surface area (Å²) in [6, 6.07) is -1.12. The van der Waals surface area contributed by atoms with Crippen molar-refractivity contribution in [3.05, 3.63) is 0 Å². The van der Waals surface area contributed by atoms with Gasteiger partial charge in [-0.25, -0.2) is 0 Å². The van der Waals surface area contributed by atoms with Crippen molar-refractivity contribution in [3.63, 3.8) is 0 Å². The predicted octanol–water partition coefficient (Wildman–Crippen LogP) is 1.36. The molecule has 0 aromatic heterocycles. The van der Waals surface area contributed by atoms with Crippen molar-refractivity contribution >= 4 is 11.9 Å². The van der Waals surface area contributed by atoms with Gasteiger partial charge in [0.15, 0.2) is 0 Å². The molecule has 6 nitrogen and oxygen atoms in total. The van der Waals surface area contributed by atoms with Crippen LogP contribution in [0.2, 0.25) is 0 Å². The molecule has 5 N–H and O–H groups in total. The number of hydrogen-bond acceptors (Lipinski definition) is 4. The van der Waals surface area contributed by atoms with Crippen LogP contribution in [0.3, 0.4) is 0 Å². The van der Waals surface area contributed by atoms with Gasteiger partial charge in [0.25, 0.3) is 0 Å². The van der Waals surface area contributed by atoms with E-state index < -0.39 is 36.0 Å². The van der Waals surface area contributed by atoms with Gasteiger partial charge in [-0.05, 0) is 38.0 Å². The van der Waals surface area contributed by atoms with Crippen molar-refractivity contribution in [1.82, 2.24) is 5.32 Å². The number of carboxylic acid groups (broad SMARTS) is 1. The second kappa shape index (κ2) is 8.48. The molecule has 130 valence electrons.